The number of benzene rings is 3. The van der Waals surface area contributed by atoms with Crippen LogP contribution in [0.2, 0.25) is 0 Å². The Bertz CT molecular complexity index is 1700. The lowest BCUT2D eigenvalue weighted by Crippen LogP contribution is -2.29. The zero-order valence-electron chi connectivity index (χ0n) is 18.9. The average Bonchev–Trinajstić information content (AvgIpc) is 3.28. The summed E-state index contributed by atoms with van der Waals surface area (Å²) in [6.45, 7) is 7.37. The molecule has 0 saturated heterocycles. The number of aliphatic hydroxyl groups excluding tert-OH is 1. The number of carbonyl (C=O) groups is 1. The number of amides is 1. The molecule has 0 aliphatic rings. The minimum absolute atomic E-state index is 0.0415. The van der Waals surface area contributed by atoms with Crippen LogP contribution in [0, 0.1) is 12.4 Å². The first-order chi connectivity index (χ1) is 17.5. The van der Waals surface area contributed by atoms with E-state index < -0.39 is 23.3 Å². The molecule has 0 radical (unpaired) electrons. The molecule has 0 spiro atoms. The number of carbonyl (C=O) groups excluding carboxylic acids is 1. The van der Waals surface area contributed by atoms with Crippen molar-refractivity contribution in [2.45, 2.75) is 12.5 Å². The second-order valence-corrected chi connectivity index (χ2v) is 8.25. The number of nitrogens with zero attached hydrogens (tertiary/aromatic N) is 3. The van der Waals surface area contributed by atoms with Gasteiger partial charge in [-0.25, -0.2) is 13.8 Å². The number of fused-ring (bicyclic) bond motifs is 2. The summed E-state index contributed by atoms with van der Waals surface area (Å²) in [5.74, 6) is -1.11. The lowest BCUT2D eigenvalue weighted by atomic mass is 10.0. The van der Waals surface area contributed by atoms with Crippen molar-refractivity contribution in [1.29, 1.82) is 0 Å². The molecular weight excluding hydrogens is 461 g/mol. The van der Waals surface area contributed by atoms with Crippen LogP contribution in [-0.4, -0.2) is 32.2 Å². The topological polar surface area (TPSA) is 104 Å². The number of hydrogen-bond donors (Lipinski definition) is 3. The zero-order valence-corrected chi connectivity index (χ0v) is 18.9. The Hall–Kier alpha value is -4.81. The summed E-state index contributed by atoms with van der Waals surface area (Å²) in [7, 11) is 0. The second-order valence-electron chi connectivity index (χ2n) is 8.25. The van der Waals surface area contributed by atoms with E-state index in [2.05, 4.69) is 20.2 Å². The molecule has 0 bridgehead atoms. The average molecular weight is 481 g/mol. The summed E-state index contributed by atoms with van der Waals surface area (Å²) in [4.78, 5) is 32.3. The number of H-pyrrole nitrogens is 1. The molecule has 0 aliphatic heterocycles. The van der Waals surface area contributed by atoms with Crippen LogP contribution in [0.5, 0.6) is 0 Å². The first-order valence-electron chi connectivity index (χ1n) is 11.2. The molecule has 5 aromatic rings. The fraction of sp³-hybridized carbons (Fsp3) is 0.111. The third-order valence-corrected chi connectivity index (χ3v) is 5.98. The minimum atomic E-state index is -0.681. The summed E-state index contributed by atoms with van der Waals surface area (Å²) in [5.41, 5.74) is 0.829. The molecule has 2 heterocycles. The Morgan fingerprint density at radius 1 is 1.14 bits per heavy atom. The first-order valence-corrected chi connectivity index (χ1v) is 11.2. The molecule has 0 fully saturated rings. The molecule has 36 heavy (non-hydrogen) atoms. The van der Waals surface area contributed by atoms with Crippen molar-refractivity contribution in [2.75, 3.05) is 6.61 Å². The predicted octanol–water partition coefficient (Wildman–Crippen LogP) is 4.39. The third-order valence-electron chi connectivity index (χ3n) is 5.98. The van der Waals surface area contributed by atoms with Crippen molar-refractivity contribution < 1.29 is 14.3 Å². The number of halogens is 1. The third kappa shape index (κ3) is 4.21. The maximum atomic E-state index is 13.3. The molecule has 0 unspecified atom stereocenters. The number of aliphatic hydroxyl groups is 1. The number of aromatic nitrogens is 3. The number of aromatic amines is 1. The van der Waals surface area contributed by atoms with Crippen molar-refractivity contribution in [3.63, 3.8) is 0 Å². The van der Waals surface area contributed by atoms with E-state index in [1.807, 2.05) is 42.5 Å². The molecule has 2 aromatic heterocycles. The molecule has 1 amide bonds. The van der Waals surface area contributed by atoms with Crippen LogP contribution >= 0.6 is 0 Å². The van der Waals surface area contributed by atoms with E-state index in [-0.39, 0.29) is 29.9 Å². The lowest BCUT2D eigenvalue weighted by Gasteiger charge is -2.18. The van der Waals surface area contributed by atoms with Crippen molar-refractivity contribution in [3.05, 3.63) is 112 Å². The summed E-state index contributed by atoms with van der Waals surface area (Å²) < 4.78 is 14.6. The van der Waals surface area contributed by atoms with Crippen LogP contribution in [-0.2, 0) is 0 Å². The Morgan fingerprint density at radius 3 is 2.61 bits per heavy atom. The molecule has 1 atom stereocenters. The van der Waals surface area contributed by atoms with Gasteiger partial charge in [0.1, 0.15) is 11.3 Å². The molecule has 3 N–H and O–H groups in total. The molecule has 5 rings (SSSR count). The van der Waals surface area contributed by atoms with Crippen LogP contribution < -0.4 is 10.9 Å². The lowest BCUT2D eigenvalue weighted by molar-refractivity contribution is 0.0925. The van der Waals surface area contributed by atoms with Crippen LogP contribution in [0.4, 0.5) is 10.1 Å². The van der Waals surface area contributed by atoms with E-state index in [1.165, 1.54) is 28.8 Å². The monoisotopic (exact) mass is 481 g/mol. The van der Waals surface area contributed by atoms with Gasteiger partial charge in [-0.1, -0.05) is 48.5 Å². The summed E-state index contributed by atoms with van der Waals surface area (Å²) in [5, 5.41) is 18.5. The van der Waals surface area contributed by atoms with E-state index in [0.29, 0.717) is 11.3 Å². The normalized spacial score (nSPS) is 11.9. The molecule has 0 saturated carbocycles. The Balaban J connectivity index is 1.54. The highest BCUT2D eigenvalue weighted by atomic mass is 19.1. The standard InChI is InChI=1S/C27H20FN5O3/c1-29-23-24(26(35)30-21(12-13-34)17-8-10-20(28)11-9-17)32-33-15-22(31-27(36)25(23)33)19-7-6-16-4-2-3-5-18(16)14-19/h2-11,14-15,21,34H,12-13H2,(H,30,35)(H,31,36)/t21-/m0/s1. The van der Waals surface area contributed by atoms with Gasteiger partial charge in [0.2, 0.25) is 5.69 Å². The van der Waals surface area contributed by atoms with Gasteiger partial charge in [0.05, 0.1) is 24.5 Å². The van der Waals surface area contributed by atoms with Gasteiger partial charge in [-0.15, -0.1) is 0 Å². The maximum absolute atomic E-state index is 13.3. The Kier molecular flexibility index (Phi) is 6.02. The number of rotatable bonds is 6. The first kappa shape index (κ1) is 23.0. The van der Waals surface area contributed by atoms with Crippen molar-refractivity contribution >= 4 is 27.9 Å². The van der Waals surface area contributed by atoms with E-state index in [1.54, 1.807) is 6.20 Å². The van der Waals surface area contributed by atoms with Crippen molar-refractivity contribution in [2.24, 2.45) is 0 Å². The predicted molar refractivity (Wildman–Crippen MR) is 133 cm³/mol. The van der Waals surface area contributed by atoms with Crippen molar-refractivity contribution in [1.82, 2.24) is 19.9 Å². The molecule has 0 aliphatic carbocycles. The highest BCUT2D eigenvalue weighted by molar-refractivity contribution is 6.02. The highest BCUT2D eigenvalue weighted by Crippen LogP contribution is 2.27. The molecule has 178 valence electrons. The fourth-order valence-corrected chi connectivity index (χ4v) is 4.20. The van der Waals surface area contributed by atoms with Gasteiger partial charge >= 0.3 is 0 Å². The van der Waals surface area contributed by atoms with Gasteiger partial charge < -0.3 is 15.4 Å². The largest absolute Gasteiger partial charge is 0.396 e. The van der Waals surface area contributed by atoms with Gasteiger partial charge in [-0.2, -0.15) is 5.10 Å². The highest BCUT2D eigenvalue weighted by Gasteiger charge is 2.25. The maximum Gasteiger partial charge on any atom is 0.263 e. The zero-order chi connectivity index (χ0) is 25.2. The van der Waals surface area contributed by atoms with Gasteiger partial charge in [0.25, 0.3) is 11.5 Å². The summed E-state index contributed by atoms with van der Waals surface area (Å²) in [6.07, 6.45) is 1.74. The molecular formula is C27H20FN5O3. The van der Waals surface area contributed by atoms with E-state index >= 15 is 0 Å². The fourth-order valence-electron chi connectivity index (χ4n) is 4.20. The van der Waals surface area contributed by atoms with E-state index in [0.717, 1.165) is 16.3 Å². The van der Waals surface area contributed by atoms with E-state index in [4.69, 9.17) is 6.57 Å². The number of hydrogen-bond acceptors (Lipinski definition) is 4. The van der Waals surface area contributed by atoms with Crippen LogP contribution in [0.1, 0.15) is 28.5 Å². The van der Waals surface area contributed by atoms with Gasteiger partial charge in [-0.3, -0.25) is 9.59 Å². The van der Waals surface area contributed by atoms with Gasteiger partial charge in [-0.05, 0) is 41.0 Å². The van der Waals surface area contributed by atoms with Crippen LogP contribution in [0.15, 0.2) is 77.7 Å². The molecule has 9 heteroatoms. The Labute approximate surface area is 204 Å². The van der Waals surface area contributed by atoms with Crippen LogP contribution in [0.25, 0.3) is 32.4 Å². The summed E-state index contributed by atoms with van der Waals surface area (Å²) >= 11 is 0. The Morgan fingerprint density at radius 2 is 1.89 bits per heavy atom. The SMILES string of the molecule is [C-]#[N+]c1c(C(=O)N[C@@H](CCO)c2ccc(F)cc2)nn2cc(-c3ccc4ccccc4c3)[nH]c(=O)c12. The molecule has 3 aromatic carbocycles. The van der Waals surface area contributed by atoms with Crippen LogP contribution in [0.3, 0.4) is 0 Å². The second kappa shape index (κ2) is 9.44. The minimum Gasteiger partial charge on any atom is -0.396 e. The smallest absolute Gasteiger partial charge is 0.263 e. The number of nitrogens with one attached hydrogen (secondary N) is 2. The van der Waals surface area contributed by atoms with E-state index in [9.17, 15) is 19.1 Å². The van der Waals surface area contributed by atoms with Crippen molar-refractivity contribution in [3.8, 4) is 11.3 Å². The quantitative estimate of drug-likeness (QED) is 0.313. The van der Waals surface area contributed by atoms with Gasteiger partial charge in [0.15, 0.2) is 5.69 Å². The van der Waals surface area contributed by atoms with Gasteiger partial charge in [0, 0.05) is 12.2 Å². The summed E-state index contributed by atoms with van der Waals surface area (Å²) in [6, 6.07) is 18.5. The molecule has 8 nitrogen and oxygen atoms in total.